The summed E-state index contributed by atoms with van der Waals surface area (Å²) in [6.07, 6.45) is 1.98. The monoisotopic (exact) mass is 339 g/mol. The van der Waals surface area contributed by atoms with Gasteiger partial charge in [-0.3, -0.25) is 0 Å². The van der Waals surface area contributed by atoms with E-state index in [0.717, 1.165) is 12.1 Å². The standard InChI is InChI=1S/C13H13N3O3Se/c17-12(7-3-1-4-8(7)13(18)19)14-9-5-2-6-10-11(9)16-20-15-10/h2,5-8H,1,3-4H2,(H,14,17)(H,18,19)/t7-,8+/m1/s1. The number of carbonyl (C=O) groups is 2. The zero-order valence-electron chi connectivity index (χ0n) is 10.6. The zero-order chi connectivity index (χ0) is 14.1. The Morgan fingerprint density at radius 1 is 1.25 bits per heavy atom. The molecule has 1 fully saturated rings. The van der Waals surface area contributed by atoms with Gasteiger partial charge < -0.3 is 0 Å². The van der Waals surface area contributed by atoms with Crippen molar-refractivity contribution in [3.05, 3.63) is 18.2 Å². The summed E-state index contributed by atoms with van der Waals surface area (Å²) >= 11 is -0.153. The van der Waals surface area contributed by atoms with Gasteiger partial charge in [-0.05, 0) is 0 Å². The number of rotatable bonds is 3. The van der Waals surface area contributed by atoms with Crippen molar-refractivity contribution in [2.45, 2.75) is 19.3 Å². The van der Waals surface area contributed by atoms with Gasteiger partial charge in [0.15, 0.2) is 0 Å². The summed E-state index contributed by atoms with van der Waals surface area (Å²) in [5.41, 5.74) is 2.14. The number of anilines is 1. The molecule has 3 rings (SSSR count). The third-order valence-electron chi connectivity index (χ3n) is 3.71. The van der Waals surface area contributed by atoms with Crippen LogP contribution in [0.15, 0.2) is 26.1 Å². The van der Waals surface area contributed by atoms with Crippen molar-refractivity contribution in [2.24, 2.45) is 19.8 Å². The second kappa shape index (κ2) is 5.34. The first kappa shape index (κ1) is 13.3. The number of benzene rings is 1. The molecule has 1 saturated carbocycles. The summed E-state index contributed by atoms with van der Waals surface area (Å²) < 4.78 is 8.56. The van der Waals surface area contributed by atoms with Gasteiger partial charge in [0.05, 0.1) is 0 Å². The van der Waals surface area contributed by atoms with Crippen LogP contribution >= 0.6 is 0 Å². The maximum absolute atomic E-state index is 12.3. The van der Waals surface area contributed by atoms with Gasteiger partial charge in [-0.15, -0.1) is 0 Å². The second-order valence-corrected chi connectivity index (χ2v) is 6.02. The molecule has 2 N–H and O–H groups in total. The van der Waals surface area contributed by atoms with Crippen LogP contribution in [0.3, 0.4) is 0 Å². The van der Waals surface area contributed by atoms with E-state index in [-0.39, 0.29) is 20.5 Å². The Morgan fingerprint density at radius 3 is 2.85 bits per heavy atom. The molecular weight excluding hydrogens is 325 g/mol. The minimum absolute atomic E-state index is 0.153. The van der Waals surface area contributed by atoms with E-state index in [1.54, 1.807) is 6.07 Å². The molecule has 7 heteroatoms. The van der Waals surface area contributed by atoms with E-state index in [1.807, 2.05) is 12.1 Å². The fourth-order valence-corrected chi connectivity index (χ4v) is 3.86. The summed E-state index contributed by atoms with van der Waals surface area (Å²) in [4.78, 5) is 23.4. The average molecular weight is 338 g/mol. The molecule has 0 bridgehead atoms. The fourth-order valence-electron chi connectivity index (χ4n) is 2.70. The van der Waals surface area contributed by atoms with Gasteiger partial charge in [0.25, 0.3) is 0 Å². The Labute approximate surface area is 121 Å². The maximum atomic E-state index is 12.3. The third-order valence-corrected chi connectivity index (χ3v) is 4.85. The summed E-state index contributed by atoms with van der Waals surface area (Å²) in [7, 11) is 0. The van der Waals surface area contributed by atoms with Crippen LogP contribution in [0.5, 0.6) is 0 Å². The van der Waals surface area contributed by atoms with Crippen LogP contribution in [0.2, 0.25) is 0 Å². The van der Waals surface area contributed by atoms with Crippen LogP contribution in [-0.2, 0) is 9.59 Å². The molecule has 2 aliphatic rings. The number of aliphatic carboxylic acids is 1. The Kier molecular flexibility index (Phi) is 3.54. The predicted molar refractivity (Wildman–Crippen MR) is 73.5 cm³/mol. The van der Waals surface area contributed by atoms with Crippen LogP contribution < -0.4 is 5.32 Å². The first-order valence-corrected chi connectivity index (χ1v) is 7.95. The SMILES string of the molecule is O=C(O)[C@H]1CCC[C@H]1C(=O)Nc1cccc2c1N=[Se]=N2. The third kappa shape index (κ3) is 2.34. The normalized spacial score (nSPS) is 23.2. The van der Waals surface area contributed by atoms with Gasteiger partial charge >= 0.3 is 121 Å². The molecule has 1 heterocycles. The molecule has 1 aromatic carbocycles. The number of carboxylic acid groups (broad SMARTS) is 1. The van der Waals surface area contributed by atoms with Crippen molar-refractivity contribution >= 4 is 43.5 Å². The van der Waals surface area contributed by atoms with Crippen molar-refractivity contribution in [3.8, 4) is 0 Å². The van der Waals surface area contributed by atoms with E-state index >= 15 is 0 Å². The average Bonchev–Trinajstić information content (AvgIpc) is 3.08. The van der Waals surface area contributed by atoms with E-state index in [2.05, 4.69) is 13.2 Å². The van der Waals surface area contributed by atoms with Crippen molar-refractivity contribution in [1.82, 2.24) is 0 Å². The molecule has 6 nitrogen and oxygen atoms in total. The number of hydrogen-bond acceptors (Lipinski definition) is 4. The van der Waals surface area contributed by atoms with Crippen LogP contribution in [0.1, 0.15) is 19.3 Å². The second-order valence-electron chi connectivity index (χ2n) is 4.91. The van der Waals surface area contributed by atoms with Gasteiger partial charge in [-0.2, -0.15) is 0 Å². The number of nitrogens with one attached hydrogen (secondary N) is 1. The summed E-state index contributed by atoms with van der Waals surface area (Å²) in [6.45, 7) is 0. The quantitative estimate of drug-likeness (QED) is 0.842. The van der Waals surface area contributed by atoms with Crippen LogP contribution in [0.4, 0.5) is 17.1 Å². The first-order valence-electron chi connectivity index (χ1n) is 6.42. The van der Waals surface area contributed by atoms with Crippen molar-refractivity contribution < 1.29 is 14.7 Å². The Morgan fingerprint density at radius 2 is 2.05 bits per heavy atom. The van der Waals surface area contributed by atoms with Crippen LogP contribution in [-0.4, -0.2) is 31.6 Å². The number of amides is 1. The summed E-state index contributed by atoms with van der Waals surface area (Å²) in [6, 6.07) is 5.46. The molecule has 1 aliphatic heterocycles. The number of carboxylic acids is 1. The molecule has 1 aromatic rings. The van der Waals surface area contributed by atoms with Crippen LogP contribution in [0.25, 0.3) is 0 Å². The van der Waals surface area contributed by atoms with Gasteiger partial charge in [0.1, 0.15) is 0 Å². The van der Waals surface area contributed by atoms with Gasteiger partial charge in [0, 0.05) is 0 Å². The van der Waals surface area contributed by atoms with Crippen molar-refractivity contribution in [3.63, 3.8) is 0 Å². The topological polar surface area (TPSA) is 91.1 Å². The molecule has 104 valence electrons. The van der Waals surface area contributed by atoms with Crippen molar-refractivity contribution in [2.75, 3.05) is 5.32 Å². The van der Waals surface area contributed by atoms with E-state index < -0.39 is 17.8 Å². The minimum atomic E-state index is -0.885. The van der Waals surface area contributed by atoms with E-state index in [0.29, 0.717) is 24.2 Å². The summed E-state index contributed by atoms with van der Waals surface area (Å²) in [5.74, 6) is -2.13. The molecule has 0 radical (unpaired) electrons. The van der Waals surface area contributed by atoms with Gasteiger partial charge in [-0.25, -0.2) is 0 Å². The number of nitrogens with zero attached hydrogens (tertiary/aromatic N) is 2. The van der Waals surface area contributed by atoms with Crippen molar-refractivity contribution in [1.29, 1.82) is 0 Å². The predicted octanol–water partition coefficient (Wildman–Crippen LogP) is 2.47. The fraction of sp³-hybridized carbons (Fsp3) is 0.385. The molecular formula is C13H13N3O3Se. The molecule has 0 aromatic heterocycles. The molecule has 0 spiro atoms. The zero-order valence-corrected chi connectivity index (χ0v) is 12.3. The number of carbonyl (C=O) groups excluding carboxylic acids is 1. The van der Waals surface area contributed by atoms with Gasteiger partial charge in [-0.1, -0.05) is 0 Å². The van der Waals surface area contributed by atoms with E-state index in [9.17, 15) is 9.59 Å². The molecule has 0 saturated heterocycles. The molecule has 2 atom stereocenters. The Balaban J connectivity index is 1.79. The Bertz CT molecular complexity index is 652. The van der Waals surface area contributed by atoms with E-state index in [4.69, 9.17) is 5.11 Å². The molecule has 1 amide bonds. The van der Waals surface area contributed by atoms with Gasteiger partial charge in [0.2, 0.25) is 0 Å². The summed E-state index contributed by atoms with van der Waals surface area (Å²) in [5, 5.41) is 12.0. The van der Waals surface area contributed by atoms with E-state index in [1.165, 1.54) is 0 Å². The first-order chi connectivity index (χ1) is 9.66. The van der Waals surface area contributed by atoms with Crippen LogP contribution in [0, 0.1) is 11.8 Å². The number of fused-ring (bicyclic) bond motifs is 1. The molecule has 0 unspecified atom stereocenters. The number of hydrogen-bond donors (Lipinski definition) is 2. The Hall–Kier alpha value is -1.72. The molecule has 1 aliphatic carbocycles. The molecule has 20 heavy (non-hydrogen) atoms.